The lowest BCUT2D eigenvalue weighted by atomic mass is 9.98. The third-order valence-electron chi connectivity index (χ3n) is 4.02. The van der Waals surface area contributed by atoms with Gasteiger partial charge in [-0.2, -0.15) is 0 Å². The topological polar surface area (TPSA) is 24.5 Å². The smallest absolute Gasteiger partial charge is 0.0510 e. The molecule has 1 aromatic rings. The molecule has 2 atom stereocenters. The number of ether oxygens (including phenoxy) is 1. The van der Waals surface area contributed by atoms with Crippen LogP contribution in [0.4, 0.5) is 5.69 Å². The fraction of sp³-hybridized carbons (Fsp3) is 0.625. The van der Waals surface area contributed by atoms with Crippen LogP contribution in [-0.2, 0) is 4.74 Å². The zero-order valence-electron chi connectivity index (χ0n) is 12.6. The molecule has 1 N–H and O–H groups in total. The van der Waals surface area contributed by atoms with E-state index in [1.807, 2.05) is 0 Å². The SMILES string of the molecule is CNC(CN(C)c1cc(C)cc(C)c1)C1CCOC1. The van der Waals surface area contributed by atoms with Gasteiger partial charge in [0.1, 0.15) is 0 Å². The molecule has 0 radical (unpaired) electrons. The van der Waals surface area contributed by atoms with Crippen LogP contribution in [0.3, 0.4) is 0 Å². The first-order valence-corrected chi connectivity index (χ1v) is 7.14. The summed E-state index contributed by atoms with van der Waals surface area (Å²) in [4.78, 5) is 2.35. The highest BCUT2D eigenvalue weighted by Crippen LogP contribution is 2.21. The van der Waals surface area contributed by atoms with E-state index >= 15 is 0 Å². The Morgan fingerprint density at radius 3 is 2.53 bits per heavy atom. The molecule has 1 aromatic carbocycles. The molecule has 0 aromatic heterocycles. The van der Waals surface area contributed by atoms with Crippen LogP contribution in [0.1, 0.15) is 17.5 Å². The highest BCUT2D eigenvalue weighted by Gasteiger charge is 2.25. The van der Waals surface area contributed by atoms with Gasteiger partial charge in [0.25, 0.3) is 0 Å². The minimum atomic E-state index is 0.494. The molecule has 0 bridgehead atoms. The molecule has 3 nitrogen and oxygen atoms in total. The van der Waals surface area contributed by atoms with E-state index in [4.69, 9.17) is 4.74 Å². The number of hydrogen-bond donors (Lipinski definition) is 1. The summed E-state index contributed by atoms with van der Waals surface area (Å²) in [5.41, 5.74) is 3.95. The summed E-state index contributed by atoms with van der Waals surface area (Å²) in [7, 11) is 4.23. The molecule has 3 heteroatoms. The molecular weight excluding hydrogens is 236 g/mol. The van der Waals surface area contributed by atoms with E-state index in [0.717, 1.165) is 19.8 Å². The summed E-state index contributed by atoms with van der Waals surface area (Å²) in [6.07, 6.45) is 1.17. The van der Waals surface area contributed by atoms with Crippen molar-refractivity contribution in [1.29, 1.82) is 0 Å². The molecule has 19 heavy (non-hydrogen) atoms. The van der Waals surface area contributed by atoms with E-state index < -0.39 is 0 Å². The zero-order valence-corrected chi connectivity index (χ0v) is 12.6. The fourth-order valence-electron chi connectivity index (χ4n) is 2.92. The van der Waals surface area contributed by atoms with Crippen molar-refractivity contribution < 1.29 is 4.74 Å². The molecule has 1 aliphatic heterocycles. The number of rotatable bonds is 5. The number of benzene rings is 1. The highest BCUT2D eigenvalue weighted by atomic mass is 16.5. The van der Waals surface area contributed by atoms with Crippen molar-refractivity contribution in [3.05, 3.63) is 29.3 Å². The van der Waals surface area contributed by atoms with E-state index in [-0.39, 0.29) is 0 Å². The summed E-state index contributed by atoms with van der Waals surface area (Å²) >= 11 is 0. The molecule has 0 aliphatic carbocycles. The van der Waals surface area contributed by atoms with Crippen LogP contribution in [0.15, 0.2) is 18.2 Å². The molecule has 1 heterocycles. The van der Waals surface area contributed by atoms with Gasteiger partial charge in [-0.1, -0.05) is 6.07 Å². The minimum absolute atomic E-state index is 0.494. The van der Waals surface area contributed by atoms with E-state index in [2.05, 4.69) is 56.4 Å². The maximum atomic E-state index is 5.51. The van der Waals surface area contributed by atoms with Gasteiger partial charge in [0, 0.05) is 37.8 Å². The second-order valence-corrected chi connectivity index (χ2v) is 5.75. The average Bonchev–Trinajstić information content (AvgIpc) is 2.88. The summed E-state index contributed by atoms with van der Waals surface area (Å²) in [6.45, 7) is 7.14. The molecule has 0 spiro atoms. The van der Waals surface area contributed by atoms with E-state index in [1.165, 1.54) is 23.2 Å². The Bertz CT molecular complexity index is 393. The van der Waals surface area contributed by atoms with Gasteiger partial charge >= 0.3 is 0 Å². The van der Waals surface area contributed by atoms with Gasteiger partial charge in [0.15, 0.2) is 0 Å². The molecule has 1 saturated heterocycles. The highest BCUT2D eigenvalue weighted by molar-refractivity contribution is 5.50. The summed E-state index contributed by atoms with van der Waals surface area (Å²) in [6, 6.07) is 7.22. The largest absolute Gasteiger partial charge is 0.381 e. The minimum Gasteiger partial charge on any atom is -0.381 e. The van der Waals surface area contributed by atoms with Gasteiger partial charge in [-0.3, -0.25) is 0 Å². The Morgan fingerprint density at radius 1 is 1.32 bits per heavy atom. The Morgan fingerprint density at radius 2 is 2.00 bits per heavy atom. The van der Waals surface area contributed by atoms with Crippen molar-refractivity contribution in [3.8, 4) is 0 Å². The Hall–Kier alpha value is -1.06. The van der Waals surface area contributed by atoms with Gasteiger partial charge in [0.2, 0.25) is 0 Å². The number of hydrogen-bond acceptors (Lipinski definition) is 3. The normalized spacial score (nSPS) is 20.5. The van der Waals surface area contributed by atoms with Gasteiger partial charge < -0.3 is 15.0 Å². The lowest BCUT2D eigenvalue weighted by Gasteiger charge is -2.29. The molecule has 2 rings (SSSR count). The molecule has 2 unspecified atom stereocenters. The molecule has 106 valence electrons. The van der Waals surface area contributed by atoms with Gasteiger partial charge in [0.05, 0.1) is 6.61 Å². The monoisotopic (exact) mass is 262 g/mol. The maximum absolute atomic E-state index is 5.51. The molecule has 0 saturated carbocycles. The van der Waals surface area contributed by atoms with Crippen molar-refractivity contribution >= 4 is 5.69 Å². The summed E-state index contributed by atoms with van der Waals surface area (Å²) in [5.74, 6) is 0.637. The third kappa shape index (κ3) is 3.71. The van der Waals surface area contributed by atoms with Crippen molar-refractivity contribution in [2.24, 2.45) is 5.92 Å². The maximum Gasteiger partial charge on any atom is 0.0510 e. The predicted molar refractivity (Wildman–Crippen MR) is 81.0 cm³/mol. The average molecular weight is 262 g/mol. The van der Waals surface area contributed by atoms with Crippen molar-refractivity contribution in [3.63, 3.8) is 0 Å². The van der Waals surface area contributed by atoms with Crippen LogP contribution in [0, 0.1) is 19.8 Å². The van der Waals surface area contributed by atoms with Crippen LogP contribution in [0.5, 0.6) is 0 Å². The van der Waals surface area contributed by atoms with Crippen LogP contribution in [0.25, 0.3) is 0 Å². The second kappa shape index (κ2) is 6.40. The van der Waals surface area contributed by atoms with Crippen LogP contribution in [0.2, 0.25) is 0 Å². The number of likely N-dealkylation sites (N-methyl/N-ethyl adjacent to an activating group) is 2. The Labute approximate surface area is 116 Å². The third-order valence-corrected chi connectivity index (χ3v) is 4.02. The Balaban J connectivity index is 2.03. The first kappa shape index (κ1) is 14.4. The fourth-order valence-corrected chi connectivity index (χ4v) is 2.92. The first-order valence-electron chi connectivity index (χ1n) is 7.14. The standard InChI is InChI=1S/C16H26N2O/c1-12-7-13(2)9-15(8-12)18(4)10-16(17-3)14-5-6-19-11-14/h7-9,14,16-17H,5-6,10-11H2,1-4H3. The number of anilines is 1. The van der Waals surface area contributed by atoms with Crippen molar-refractivity contribution in [2.75, 3.05) is 38.8 Å². The predicted octanol–water partition coefficient (Wildman–Crippen LogP) is 2.36. The van der Waals surface area contributed by atoms with E-state index in [9.17, 15) is 0 Å². The zero-order chi connectivity index (χ0) is 13.8. The van der Waals surface area contributed by atoms with Crippen molar-refractivity contribution in [2.45, 2.75) is 26.3 Å². The quantitative estimate of drug-likeness (QED) is 0.881. The number of nitrogens with zero attached hydrogens (tertiary/aromatic N) is 1. The Kier molecular flexibility index (Phi) is 4.83. The number of nitrogens with one attached hydrogen (secondary N) is 1. The molecule has 0 amide bonds. The number of aryl methyl sites for hydroxylation is 2. The van der Waals surface area contributed by atoms with Gasteiger partial charge in [-0.15, -0.1) is 0 Å². The lowest BCUT2D eigenvalue weighted by molar-refractivity contribution is 0.178. The van der Waals surface area contributed by atoms with Crippen LogP contribution < -0.4 is 10.2 Å². The molecule has 1 fully saturated rings. The summed E-state index contributed by atoms with van der Waals surface area (Å²) in [5, 5.41) is 3.45. The molecular formula is C16H26N2O. The lowest BCUT2D eigenvalue weighted by Crippen LogP contribution is -2.43. The van der Waals surface area contributed by atoms with Crippen LogP contribution >= 0.6 is 0 Å². The van der Waals surface area contributed by atoms with Crippen molar-refractivity contribution in [1.82, 2.24) is 5.32 Å². The summed E-state index contributed by atoms with van der Waals surface area (Å²) < 4.78 is 5.51. The van der Waals surface area contributed by atoms with Gasteiger partial charge in [-0.05, 0) is 50.6 Å². The van der Waals surface area contributed by atoms with Crippen LogP contribution in [-0.4, -0.2) is 39.9 Å². The second-order valence-electron chi connectivity index (χ2n) is 5.75. The van der Waals surface area contributed by atoms with Gasteiger partial charge in [-0.25, -0.2) is 0 Å². The van der Waals surface area contributed by atoms with E-state index in [0.29, 0.717) is 12.0 Å². The van der Waals surface area contributed by atoms with E-state index in [1.54, 1.807) is 0 Å². The first-order chi connectivity index (χ1) is 9.10. The molecule has 1 aliphatic rings.